The summed E-state index contributed by atoms with van der Waals surface area (Å²) < 4.78 is 20.3. The van der Waals surface area contributed by atoms with E-state index >= 15 is 0 Å². The van der Waals surface area contributed by atoms with E-state index in [4.69, 9.17) is 4.74 Å². The zero-order chi connectivity index (χ0) is 25.5. The van der Waals surface area contributed by atoms with Crippen molar-refractivity contribution in [2.75, 3.05) is 12.4 Å². The molecule has 0 aliphatic carbocycles. The molecule has 0 radical (unpaired) electrons. The van der Waals surface area contributed by atoms with Gasteiger partial charge in [0.05, 0.1) is 12.2 Å². The van der Waals surface area contributed by atoms with Gasteiger partial charge in [0.25, 0.3) is 0 Å². The molecule has 6 nitrogen and oxygen atoms in total. The van der Waals surface area contributed by atoms with E-state index in [0.717, 1.165) is 12.5 Å². The van der Waals surface area contributed by atoms with Crippen molar-refractivity contribution in [2.24, 2.45) is 5.41 Å². The van der Waals surface area contributed by atoms with Crippen LogP contribution in [0.15, 0.2) is 35.2 Å². The van der Waals surface area contributed by atoms with E-state index in [9.17, 15) is 29.0 Å². The average molecular weight is 513 g/mol. The van der Waals surface area contributed by atoms with Gasteiger partial charge in [0.2, 0.25) is 0 Å². The summed E-state index contributed by atoms with van der Waals surface area (Å²) in [4.78, 5) is 35.4. The third kappa shape index (κ3) is 8.63. The topological polar surface area (TPSA) is 104 Å². The van der Waals surface area contributed by atoms with E-state index in [1.807, 2.05) is 6.92 Å². The number of ether oxygens (including phenoxy) is 1. The van der Waals surface area contributed by atoms with Crippen LogP contribution in [-0.2, 0) is 11.2 Å². The molecule has 0 heterocycles. The van der Waals surface area contributed by atoms with Gasteiger partial charge in [-0.05, 0) is 50.5 Å². The molecular formula is C26H30FNaO6S. The van der Waals surface area contributed by atoms with E-state index < -0.39 is 29.4 Å². The molecule has 0 aromatic heterocycles. The SMILES string of the molecule is CCCc1c(OCCCSc2ccc(C(=O)C(C)(C)CC(=O)[O-])cc2F)ccc(C(C)=O)c1O.[Na+]. The first-order chi connectivity index (χ1) is 16.0. The first-order valence-corrected chi connectivity index (χ1v) is 12.1. The van der Waals surface area contributed by atoms with Gasteiger partial charge in [0, 0.05) is 33.2 Å². The van der Waals surface area contributed by atoms with E-state index in [2.05, 4.69) is 0 Å². The number of aromatic hydroxyl groups is 1. The quantitative estimate of drug-likeness (QED) is 0.188. The van der Waals surface area contributed by atoms with Crippen molar-refractivity contribution in [1.29, 1.82) is 0 Å². The van der Waals surface area contributed by atoms with E-state index in [1.165, 1.54) is 44.7 Å². The zero-order valence-electron chi connectivity index (χ0n) is 20.9. The smallest absolute Gasteiger partial charge is 0.550 e. The van der Waals surface area contributed by atoms with E-state index in [-0.39, 0.29) is 52.2 Å². The van der Waals surface area contributed by atoms with Gasteiger partial charge in [0.1, 0.15) is 17.3 Å². The molecule has 0 atom stereocenters. The minimum atomic E-state index is -1.33. The molecule has 0 aliphatic heterocycles. The fourth-order valence-corrected chi connectivity index (χ4v) is 4.39. The summed E-state index contributed by atoms with van der Waals surface area (Å²) in [6, 6.07) is 7.38. The van der Waals surface area contributed by atoms with Crippen LogP contribution in [0.3, 0.4) is 0 Å². The van der Waals surface area contributed by atoms with Gasteiger partial charge < -0.3 is 19.7 Å². The van der Waals surface area contributed by atoms with Gasteiger partial charge in [-0.15, -0.1) is 11.8 Å². The number of benzene rings is 2. The number of hydrogen-bond acceptors (Lipinski definition) is 7. The van der Waals surface area contributed by atoms with Gasteiger partial charge in [-0.25, -0.2) is 4.39 Å². The van der Waals surface area contributed by atoms with Gasteiger partial charge >= 0.3 is 29.6 Å². The molecule has 0 spiro atoms. The van der Waals surface area contributed by atoms with Crippen molar-refractivity contribution < 1.29 is 63.3 Å². The normalized spacial score (nSPS) is 11.0. The Kier molecular flexibility index (Phi) is 12.5. The number of halogens is 1. The van der Waals surface area contributed by atoms with Crippen molar-refractivity contribution in [1.82, 2.24) is 0 Å². The summed E-state index contributed by atoms with van der Waals surface area (Å²) >= 11 is 1.28. The second kappa shape index (κ2) is 14.0. The molecule has 2 aromatic rings. The largest absolute Gasteiger partial charge is 1.00 e. The van der Waals surface area contributed by atoms with Crippen LogP contribution >= 0.6 is 11.8 Å². The Bertz CT molecular complexity index is 1070. The molecule has 0 amide bonds. The molecule has 35 heavy (non-hydrogen) atoms. The molecule has 0 aliphatic rings. The first-order valence-electron chi connectivity index (χ1n) is 11.1. The maximum absolute atomic E-state index is 14.5. The van der Waals surface area contributed by atoms with Gasteiger partial charge in [-0.2, -0.15) is 0 Å². The number of ketones is 2. The third-order valence-electron chi connectivity index (χ3n) is 5.32. The number of carbonyl (C=O) groups excluding carboxylic acids is 3. The number of aliphatic carboxylic acids is 1. The molecule has 0 bridgehead atoms. The molecule has 9 heteroatoms. The summed E-state index contributed by atoms with van der Waals surface area (Å²) in [6.45, 7) is 6.70. The van der Waals surface area contributed by atoms with Crippen molar-refractivity contribution in [2.45, 2.75) is 58.3 Å². The molecule has 0 saturated heterocycles. The molecule has 0 unspecified atom stereocenters. The first kappa shape index (κ1) is 31.2. The molecule has 184 valence electrons. The average Bonchev–Trinajstić information content (AvgIpc) is 2.75. The third-order valence-corrected chi connectivity index (χ3v) is 6.45. The Morgan fingerprint density at radius 3 is 2.43 bits per heavy atom. The van der Waals surface area contributed by atoms with Crippen LogP contribution in [0.4, 0.5) is 4.39 Å². The predicted octanol–water partition coefficient (Wildman–Crippen LogP) is 1.60. The fourth-order valence-electron chi connectivity index (χ4n) is 3.54. The second-order valence-corrected chi connectivity index (χ2v) is 9.84. The van der Waals surface area contributed by atoms with Gasteiger partial charge in [0.15, 0.2) is 11.6 Å². The minimum absolute atomic E-state index is 0. The number of phenols is 1. The predicted molar refractivity (Wildman–Crippen MR) is 127 cm³/mol. The van der Waals surface area contributed by atoms with Crippen molar-refractivity contribution >= 4 is 29.3 Å². The number of carboxylic acids is 1. The Morgan fingerprint density at radius 1 is 1.17 bits per heavy atom. The van der Waals surface area contributed by atoms with Crippen LogP contribution in [0.5, 0.6) is 11.5 Å². The summed E-state index contributed by atoms with van der Waals surface area (Å²) in [7, 11) is 0. The summed E-state index contributed by atoms with van der Waals surface area (Å²) in [5.41, 5.74) is -0.193. The summed E-state index contributed by atoms with van der Waals surface area (Å²) in [5.74, 6) is -1.50. The Morgan fingerprint density at radius 2 is 1.86 bits per heavy atom. The van der Waals surface area contributed by atoms with Crippen molar-refractivity contribution in [3.8, 4) is 11.5 Å². The number of hydrogen-bond donors (Lipinski definition) is 1. The number of carbonyl (C=O) groups is 3. The van der Waals surface area contributed by atoms with Crippen LogP contribution < -0.4 is 39.4 Å². The molecule has 0 fully saturated rings. The maximum Gasteiger partial charge on any atom is 1.00 e. The molecule has 0 saturated carbocycles. The summed E-state index contributed by atoms with van der Waals surface area (Å²) in [5, 5.41) is 21.3. The number of Topliss-reactive ketones (excluding diaryl/α,β-unsaturated/α-hetero) is 2. The van der Waals surface area contributed by atoms with Crippen molar-refractivity contribution in [3.63, 3.8) is 0 Å². The standard InChI is InChI=1S/C26H31FO6S.Na/c1-5-7-19-21(10-9-18(16(2)28)24(19)31)33-12-6-13-34-22-11-8-17(14-20(22)27)25(32)26(3,4)15-23(29)30;/h8-11,14,31H,5-7,12-13,15H2,1-4H3,(H,29,30);/q;+1/p-1. The number of rotatable bonds is 13. The van der Waals surface area contributed by atoms with E-state index in [0.29, 0.717) is 41.4 Å². The van der Waals surface area contributed by atoms with Gasteiger partial charge in [-0.1, -0.05) is 33.3 Å². The van der Waals surface area contributed by atoms with E-state index in [1.54, 1.807) is 12.1 Å². The van der Waals surface area contributed by atoms with Crippen LogP contribution in [0.2, 0.25) is 0 Å². The number of thioether (sulfide) groups is 1. The van der Waals surface area contributed by atoms with Crippen LogP contribution in [0.25, 0.3) is 0 Å². The Labute approximate surface area is 231 Å². The summed E-state index contributed by atoms with van der Waals surface area (Å²) in [6.07, 6.45) is 1.51. The van der Waals surface area contributed by atoms with Crippen LogP contribution in [-0.4, -0.2) is 35.0 Å². The zero-order valence-corrected chi connectivity index (χ0v) is 23.7. The molecule has 2 rings (SSSR count). The second-order valence-electron chi connectivity index (χ2n) is 8.70. The Hall–Kier alpha value is -1.87. The minimum Gasteiger partial charge on any atom is -0.550 e. The monoisotopic (exact) mass is 512 g/mol. The maximum atomic E-state index is 14.5. The molecular weight excluding hydrogens is 482 g/mol. The molecule has 1 N–H and O–H groups in total. The van der Waals surface area contributed by atoms with Gasteiger partial charge in [-0.3, -0.25) is 9.59 Å². The Balaban J connectivity index is 0.00000612. The number of phenolic OH excluding ortho intramolecular Hbond substituents is 1. The van der Waals surface area contributed by atoms with Crippen LogP contribution in [0, 0.1) is 11.2 Å². The number of carboxylic acid groups (broad SMARTS) is 1. The van der Waals surface area contributed by atoms with Crippen LogP contribution in [0.1, 0.15) is 73.2 Å². The van der Waals surface area contributed by atoms with Crippen molar-refractivity contribution in [3.05, 3.63) is 52.8 Å². The fraction of sp³-hybridized carbons (Fsp3) is 0.423. The molecule has 2 aromatic carbocycles.